The first kappa shape index (κ1) is 74.3. The van der Waals surface area contributed by atoms with E-state index in [9.17, 15) is 124 Å². The van der Waals surface area contributed by atoms with Crippen molar-refractivity contribution in [3.8, 4) is 0 Å². The molecule has 0 atom stereocenters. The summed E-state index contributed by atoms with van der Waals surface area (Å²) in [5.41, 5.74) is 7.25. The van der Waals surface area contributed by atoms with Crippen LogP contribution in [0.25, 0.3) is 0 Å². The molecule has 392 valence electrons. The van der Waals surface area contributed by atoms with E-state index in [2.05, 4.69) is 40.0 Å². The zero-order valence-electron chi connectivity index (χ0n) is 31.7. The van der Waals surface area contributed by atoms with Gasteiger partial charge < -0.3 is 37.3 Å². The van der Waals surface area contributed by atoms with Gasteiger partial charge in [-0.15, -0.1) is 35.7 Å². The zero-order chi connectivity index (χ0) is 53.9. The topological polar surface area (TPSA) is 209 Å². The summed E-state index contributed by atoms with van der Waals surface area (Å²) in [6, 6.07) is -3.53. The molecule has 1 rings (SSSR count). The molecule has 0 bridgehead atoms. The van der Waals surface area contributed by atoms with Crippen LogP contribution >= 0.6 is 71.5 Å². The van der Waals surface area contributed by atoms with Crippen LogP contribution in [-0.2, 0) is 15.7 Å². The number of nitrogens with zero attached hydrogens (tertiary/aromatic N) is 1. The Balaban J connectivity index is -0.000000171. The highest BCUT2D eigenvalue weighted by Crippen LogP contribution is 2.48. The Morgan fingerprint density at radius 2 is 1.12 bits per heavy atom. The number of nitrogens with two attached hydrogens (primary N) is 3. The number of amides is 1. The molecule has 66 heavy (non-hydrogen) atoms. The van der Waals surface area contributed by atoms with E-state index in [1.807, 2.05) is 11.2 Å². The average Bonchev–Trinajstić information content (AvgIpc) is 2.99. The third kappa shape index (κ3) is 32.5. The van der Waals surface area contributed by atoms with Gasteiger partial charge in [-0.1, -0.05) is 30.1 Å². The molecule has 0 unspecified atom stereocenters. The largest absolute Gasteiger partial charge is 0.851 e. The van der Waals surface area contributed by atoms with Crippen LogP contribution in [0.1, 0.15) is 5.56 Å². The van der Waals surface area contributed by atoms with E-state index in [4.69, 9.17) is 11.1 Å². The molecule has 41 heteroatoms. The predicted octanol–water partition coefficient (Wildman–Crippen LogP) is 9.00. The normalized spacial score (nSPS) is 12.0. The quantitative estimate of drug-likeness (QED) is 0.0188. The van der Waals surface area contributed by atoms with E-state index in [0.717, 1.165) is 11.8 Å². The minimum Gasteiger partial charge on any atom is -0.851 e. The van der Waals surface area contributed by atoms with Crippen LogP contribution in [0.3, 0.4) is 0 Å². The molecule has 1 aromatic rings. The number of thiocarbonyl (C=S) groups is 1. The second-order valence-corrected chi connectivity index (χ2v) is 12.8. The number of alkyl halides is 23. The van der Waals surface area contributed by atoms with Crippen LogP contribution in [-0.4, -0.2) is 95.2 Å². The highest BCUT2D eigenvalue weighted by molar-refractivity contribution is 14.0. The number of amidine groups is 1. The van der Waals surface area contributed by atoms with E-state index in [1.165, 1.54) is 29.6 Å². The van der Waals surface area contributed by atoms with Gasteiger partial charge in [0.2, 0.25) is 23.7 Å². The standard InChI is InChI=1S/C6H6F6N2OS.C6H4F4N2OS.C5H4F8O.C4HF7O.C3H7NS.CH4N2S.HI/c1-16-4(13)14-3(15)2(5(7,8)9)6(10,11)12;1-14-5-11-3(7)2(4(13)12-5)6(8,9)10;1-14-5(12,13)2(3(6,7)8)4(9,10)11;5-2(12)1(3(6,7)8)4(9,10)11;1-3(4)5-2;2-1(3)4;/h2H,1H3,(H2,13,14,15);1H3,(H,11,12,13);2H,1H3;12H;1,4H2,2H3;(H4,2,3,4);1H/p-1. The molecule has 1 heterocycles. The van der Waals surface area contributed by atoms with Gasteiger partial charge >= 0.3 is 49.3 Å². The molecule has 0 aromatic carbocycles. The molecule has 0 radical (unpaired) electrons. The van der Waals surface area contributed by atoms with Crippen molar-refractivity contribution in [3.05, 3.63) is 45.1 Å². The Morgan fingerprint density at radius 3 is 1.27 bits per heavy atom. The summed E-state index contributed by atoms with van der Waals surface area (Å²) in [5, 5.41) is 17.0. The number of allylic oxidation sites excluding steroid dienone is 1. The van der Waals surface area contributed by atoms with Crippen molar-refractivity contribution < 1.29 is 124 Å². The van der Waals surface area contributed by atoms with E-state index < -0.39 is 101 Å². The molecule has 1 amide bonds. The third-order valence-corrected chi connectivity index (χ3v) is 6.59. The number of aromatic amines is 1. The molecule has 0 saturated carbocycles. The third-order valence-electron chi connectivity index (χ3n) is 4.98. The number of halogens is 26. The summed E-state index contributed by atoms with van der Waals surface area (Å²) in [4.78, 5) is 26.2. The minimum absolute atomic E-state index is 0. The molecule has 0 aliphatic rings. The van der Waals surface area contributed by atoms with Crippen molar-refractivity contribution in [1.82, 2.24) is 15.3 Å². The number of carbonyl (C=O) groups excluding carboxylic acids is 1. The predicted molar refractivity (Wildman–Crippen MR) is 198 cm³/mol. The number of nitrogens with one attached hydrogen (secondary N) is 3. The van der Waals surface area contributed by atoms with Gasteiger partial charge in [0.25, 0.3) is 5.56 Å². The maximum atomic E-state index is 12.7. The van der Waals surface area contributed by atoms with Gasteiger partial charge in [0.15, 0.2) is 26.6 Å². The van der Waals surface area contributed by atoms with Crippen LogP contribution in [0.5, 0.6) is 0 Å². The fourth-order valence-electron chi connectivity index (χ4n) is 2.55. The molecule has 0 spiro atoms. The average molecular weight is 1220 g/mol. The maximum Gasteiger partial charge on any atom is 0.426 e. The van der Waals surface area contributed by atoms with Gasteiger partial charge in [0.1, 0.15) is 0 Å². The van der Waals surface area contributed by atoms with Crippen molar-refractivity contribution >= 4 is 87.7 Å². The van der Waals surface area contributed by atoms with Crippen molar-refractivity contribution in [3.63, 3.8) is 0 Å². The number of aromatic nitrogens is 2. The number of ether oxygens (including phenoxy) is 1. The fraction of sp³-hybridized carbons (Fsp3) is 0.560. The highest BCUT2D eigenvalue weighted by Gasteiger charge is 2.69. The summed E-state index contributed by atoms with van der Waals surface area (Å²) in [6.45, 7) is 3.41. The Kier molecular flexibility index (Phi) is 33.4. The van der Waals surface area contributed by atoms with Crippen LogP contribution in [0.4, 0.5) is 110 Å². The summed E-state index contributed by atoms with van der Waals surface area (Å²) in [5.74, 6) is -13.0. The lowest BCUT2D eigenvalue weighted by atomic mass is 10.1. The van der Waals surface area contributed by atoms with Gasteiger partial charge in [-0.3, -0.25) is 15.0 Å². The molecule has 1 aromatic heterocycles. The molecule has 0 fully saturated rings. The highest BCUT2D eigenvalue weighted by atomic mass is 127. The number of carbonyl (C=O) groups is 1. The van der Waals surface area contributed by atoms with Gasteiger partial charge in [0, 0.05) is 7.11 Å². The first-order chi connectivity index (χ1) is 28.3. The number of H-pyrrole nitrogens is 1. The lowest BCUT2D eigenvalue weighted by molar-refractivity contribution is -0.394. The van der Waals surface area contributed by atoms with E-state index in [1.54, 1.807) is 0 Å². The Morgan fingerprint density at radius 1 is 0.788 bits per heavy atom. The number of hydrogen-bond donors (Lipinski definition) is 6. The molecular weight excluding hydrogens is 1190 g/mol. The first-order valence-electron chi connectivity index (χ1n) is 14.1. The SMILES string of the molecule is C=C(N)SC.COC(F)(F)C(C(F)(F)F)C(F)(F)F.CSC(=N)NC(=O)C(C(F)(F)F)C(F)(F)F.CSc1nc(F)c(C(F)(F)F)c(=O)[nH]1.I.NC(N)=S.[O-]C(F)=C(C(F)(F)F)C(F)(F)F. The van der Waals surface area contributed by atoms with E-state index in [0.29, 0.717) is 16.8 Å². The number of rotatable bonds is 5. The Labute approximate surface area is 386 Å². The van der Waals surface area contributed by atoms with Crippen molar-refractivity contribution in [1.29, 1.82) is 5.41 Å². The van der Waals surface area contributed by atoms with Crippen molar-refractivity contribution in [2.75, 3.05) is 25.9 Å². The smallest absolute Gasteiger partial charge is 0.426 e. The monoisotopic (exact) mass is 1220 g/mol. The fourth-order valence-corrected chi connectivity index (χ4v) is 3.12. The van der Waals surface area contributed by atoms with Crippen molar-refractivity contribution in [2.24, 2.45) is 29.0 Å². The zero-order valence-corrected chi connectivity index (χ0v) is 37.3. The summed E-state index contributed by atoms with van der Waals surface area (Å²) in [7, 11) is 0.0600. The molecular formula is C25H26F25IN7O4S4-. The maximum absolute atomic E-state index is 12.7. The van der Waals surface area contributed by atoms with Crippen LogP contribution in [0.15, 0.2) is 33.1 Å². The van der Waals surface area contributed by atoms with Gasteiger partial charge in [-0.2, -0.15) is 110 Å². The number of hydrogen-bond acceptors (Lipinski definition) is 11. The summed E-state index contributed by atoms with van der Waals surface area (Å²) >= 11 is 6.91. The van der Waals surface area contributed by atoms with Crippen LogP contribution < -0.4 is 33.2 Å². The number of thioether (sulfide) groups is 3. The lowest BCUT2D eigenvalue weighted by Gasteiger charge is -2.28. The second-order valence-electron chi connectivity index (χ2n) is 9.78. The number of methoxy groups -OCH3 is 1. The van der Waals surface area contributed by atoms with Crippen molar-refractivity contribution in [2.45, 2.75) is 54.5 Å². The molecule has 0 aliphatic heterocycles. The van der Waals surface area contributed by atoms with Gasteiger partial charge in [-0.25, -0.2) is 4.39 Å². The first-order valence-corrected chi connectivity index (χ1v) is 18.2. The Bertz CT molecular complexity index is 1710. The summed E-state index contributed by atoms with van der Waals surface area (Å²) in [6.07, 6.45) is -41.5. The minimum atomic E-state index is -6.11. The molecule has 0 saturated heterocycles. The molecule has 11 nitrogen and oxygen atoms in total. The lowest BCUT2D eigenvalue weighted by Crippen LogP contribution is -2.49. The van der Waals surface area contributed by atoms with Gasteiger partial charge in [0.05, 0.1) is 11.0 Å². The molecule has 9 N–H and O–H groups in total. The Hall–Kier alpha value is -3.22. The van der Waals surface area contributed by atoms with E-state index in [-0.39, 0.29) is 41.4 Å². The van der Waals surface area contributed by atoms with E-state index >= 15 is 0 Å². The van der Waals surface area contributed by atoms with Gasteiger partial charge in [-0.05, 0) is 31.0 Å². The van der Waals surface area contributed by atoms with Crippen LogP contribution in [0.2, 0.25) is 0 Å². The second kappa shape index (κ2) is 29.6. The molecule has 0 aliphatic carbocycles. The van der Waals surface area contributed by atoms with Crippen LogP contribution in [0, 0.1) is 23.2 Å². The summed E-state index contributed by atoms with van der Waals surface area (Å²) < 4.78 is 296.